The van der Waals surface area contributed by atoms with E-state index < -0.39 is 5.60 Å². The van der Waals surface area contributed by atoms with Gasteiger partial charge in [0.25, 0.3) is 0 Å². The standard InChI is InChI=1S/C28H35BrClN5O3/c1-28(2,3)38-27(36)33-11-6-7-20(16-33)18-34-17-19(14-31-34)9-10-21-23(30)13-24-22(26(21)29)15-32-35(24)25-8-4-5-12-37-25/h9-10,13-15,17,20,25H,4-8,11-12,16,18H2,1-3H3/b10-9-. The van der Waals surface area contributed by atoms with Gasteiger partial charge in [0.1, 0.15) is 5.60 Å². The first-order valence-corrected chi connectivity index (χ1v) is 14.5. The van der Waals surface area contributed by atoms with Crippen LogP contribution in [0.2, 0.25) is 5.02 Å². The Labute approximate surface area is 237 Å². The highest BCUT2D eigenvalue weighted by molar-refractivity contribution is 9.10. The monoisotopic (exact) mass is 603 g/mol. The highest BCUT2D eigenvalue weighted by Crippen LogP contribution is 2.37. The quantitative estimate of drug-likeness (QED) is 0.309. The van der Waals surface area contributed by atoms with Gasteiger partial charge in [0.2, 0.25) is 0 Å². The maximum Gasteiger partial charge on any atom is 0.410 e. The number of rotatable bonds is 5. The molecule has 2 fully saturated rings. The van der Waals surface area contributed by atoms with E-state index in [4.69, 9.17) is 21.1 Å². The molecule has 0 aliphatic carbocycles. The SMILES string of the molecule is CC(C)(C)OC(=O)N1CCCC(Cn2cc(/C=C\c3c(Cl)cc4c(cnn4C4CCCCO4)c3Br)cn2)C1. The van der Waals surface area contributed by atoms with E-state index in [1.165, 1.54) is 0 Å². The molecule has 0 saturated carbocycles. The number of carbonyl (C=O) groups excluding carboxylic acids is 1. The van der Waals surface area contributed by atoms with Crippen LogP contribution in [0.5, 0.6) is 0 Å². The summed E-state index contributed by atoms with van der Waals surface area (Å²) >= 11 is 10.5. The molecule has 2 aliphatic rings. The van der Waals surface area contributed by atoms with Crippen LogP contribution >= 0.6 is 27.5 Å². The summed E-state index contributed by atoms with van der Waals surface area (Å²) in [5, 5.41) is 10.8. The summed E-state index contributed by atoms with van der Waals surface area (Å²) < 4.78 is 16.3. The molecule has 10 heteroatoms. The van der Waals surface area contributed by atoms with Crippen LogP contribution in [0, 0.1) is 5.92 Å². The first-order chi connectivity index (χ1) is 18.2. The number of amides is 1. The molecule has 2 atom stereocenters. The molecule has 2 unspecified atom stereocenters. The van der Waals surface area contributed by atoms with Crippen molar-refractivity contribution in [2.24, 2.45) is 5.92 Å². The average molecular weight is 605 g/mol. The van der Waals surface area contributed by atoms with E-state index in [0.717, 1.165) is 78.3 Å². The summed E-state index contributed by atoms with van der Waals surface area (Å²) in [6, 6.07) is 1.97. The van der Waals surface area contributed by atoms with Gasteiger partial charge in [0.05, 0.1) is 22.9 Å². The maximum absolute atomic E-state index is 12.5. The Morgan fingerprint density at radius 3 is 2.82 bits per heavy atom. The van der Waals surface area contributed by atoms with Gasteiger partial charge in [-0.1, -0.05) is 23.8 Å². The summed E-state index contributed by atoms with van der Waals surface area (Å²) in [6.07, 6.45) is 14.7. The Bertz CT molecular complexity index is 1320. The third-order valence-corrected chi connectivity index (χ3v) is 8.13. The first-order valence-electron chi connectivity index (χ1n) is 13.3. The lowest BCUT2D eigenvalue weighted by molar-refractivity contribution is -0.0366. The van der Waals surface area contributed by atoms with Crippen molar-refractivity contribution in [2.75, 3.05) is 19.7 Å². The molecule has 3 aromatic rings. The highest BCUT2D eigenvalue weighted by atomic mass is 79.9. The molecule has 0 radical (unpaired) electrons. The van der Waals surface area contributed by atoms with Crippen LogP contribution in [0.3, 0.4) is 0 Å². The van der Waals surface area contributed by atoms with Crippen molar-refractivity contribution in [1.29, 1.82) is 0 Å². The van der Waals surface area contributed by atoms with Crippen molar-refractivity contribution >= 4 is 56.7 Å². The Morgan fingerprint density at radius 1 is 1.21 bits per heavy atom. The van der Waals surface area contributed by atoms with Crippen LogP contribution in [0.1, 0.15) is 70.2 Å². The third-order valence-electron chi connectivity index (χ3n) is 6.97. The summed E-state index contributed by atoms with van der Waals surface area (Å²) in [7, 11) is 0. The predicted octanol–water partition coefficient (Wildman–Crippen LogP) is 7.17. The lowest BCUT2D eigenvalue weighted by Crippen LogP contribution is -2.43. The number of nitrogens with zero attached hydrogens (tertiary/aromatic N) is 5. The topological polar surface area (TPSA) is 74.4 Å². The van der Waals surface area contributed by atoms with Crippen LogP contribution in [0.4, 0.5) is 4.79 Å². The largest absolute Gasteiger partial charge is 0.444 e. The summed E-state index contributed by atoms with van der Waals surface area (Å²) in [6.45, 7) is 8.63. The van der Waals surface area contributed by atoms with Crippen molar-refractivity contribution in [3.05, 3.63) is 45.3 Å². The van der Waals surface area contributed by atoms with Crippen molar-refractivity contribution in [1.82, 2.24) is 24.5 Å². The van der Waals surface area contributed by atoms with Gasteiger partial charge >= 0.3 is 6.09 Å². The molecule has 204 valence electrons. The van der Waals surface area contributed by atoms with Crippen LogP contribution in [0.25, 0.3) is 23.1 Å². The van der Waals surface area contributed by atoms with Crippen LogP contribution in [-0.2, 0) is 16.0 Å². The Kier molecular flexibility index (Phi) is 8.16. The van der Waals surface area contributed by atoms with E-state index in [-0.39, 0.29) is 12.3 Å². The summed E-state index contributed by atoms with van der Waals surface area (Å²) in [5.74, 6) is 0.337. The van der Waals surface area contributed by atoms with Gasteiger partial charge in [-0.15, -0.1) is 0 Å². The molecule has 2 aromatic heterocycles. The lowest BCUT2D eigenvalue weighted by atomic mass is 9.98. The minimum absolute atomic E-state index is 0.0446. The summed E-state index contributed by atoms with van der Waals surface area (Å²) in [4.78, 5) is 14.3. The van der Waals surface area contributed by atoms with E-state index in [0.29, 0.717) is 17.5 Å². The Hall–Kier alpha value is -2.36. The maximum atomic E-state index is 12.5. The van der Waals surface area contributed by atoms with Crippen molar-refractivity contribution < 1.29 is 14.3 Å². The second-order valence-electron chi connectivity index (χ2n) is 11.2. The number of hydrogen-bond donors (Lipinski definition) is 0. The number of piperidine rings is 1. The van der Waals surface area contributed by atoms with Gasteiger partial charge in [0, 0.05) is 53.4 Å². The summed E-state index contributed by atoms with van der Waals surface area (Å²) in [5.41, 5.74) is 2.36. The van der Waals surface area contributed by atoms with E-state index in [1.807, 2.05) is 71.8 Å². The second-order valence-corrected chi connectivity index (χ2v) is 12.4. The van der Waals surface area contributed by atoms with Crippen LogP contribution < -0.4 is 0 Å². The van der Waals surface area contributed by atoms with E-state index in [2.05, 4.69) is 26.1 Å². The molecule has 38 heavy (non-hydrogen) atoms. The van der Waals surface area contributed by atoms with E-state index >= 15 is 0 Å². The van der Waals surface area contributed by atoms with Crippen LogP contribution in [0.15, 0.2) is 29.1 Å². The van der Waals surface area contributed by atoms with Crippen molar-refractivity contribution in [2.45, 2.75) is 71.2 Å². The number of halogens is 2. The molecule has 0 bridgehead atoms. The molecule has 4 heterocycles. The average Bonchev–Trinajstić information content (AvgIpc) is 3.50. The molecular formula is C28H35BrClN5O3. The van der Waals surface area contributed by atoms with Gasteiger partial charge < -0.3 is 14.4 Å². The molecule has 1 aromatic carbocycles. The number of benzene rings is 1. The van der Waals surface area contributed by atoms with Crippen molar-refractivity contribution in [3.8, 4) is 0 Å². The molecule has 0 spiro atoms. The Morgan fingerprint density at radius 2 is 2.05 bits per heavy atom. The van der Waals surface area contributed by atoms with Crippen LogP contribution in [-0.4, -0.2) is 55.9 Å². The molecule has 1 amide bonds. The van der Waals surface area contributed by atoms with Gasteiger partial charge in [-0.3, -0.25) is 4.68 Å². The Balaban J connectivity index is 1.26. The van der Waals surface area contributed by atoms with E-state index in [1.54, 1.807) is 0 Å². The van der Waals surface area contributed by atoms with Gasteiger partial charge in [-0.2, -0.15) is 10.2 Å². The molecule has 2 aliphatic heterocycles. The predicted molar refractivity (Wildman–Crippen MR) is 153 cm³/mol. The third kappa shape index (κ3) is 6.26. The highest BCUT2D eigenvalue weighted by Gasteiger charge is 2.28. The number of likely N-dealkylation sites (tertiary alicyclic amines) is 1. The van der Waals surface area contributed by atoms with Crippen molar-refractivity contribution in [3.63, 3.8) is 0 Å². The zero-order valence-corrected chi connectivity index (χ0v) is 24.5. The molecular weight excluding hydrogens is 570 g/mol. The fourth-order valence-electron chi connectivity index (χ4n) is 5.15. The minimum atomic E-state index is -0.486. The van der Waals surface area contributed by atoms with Gasteiger partial charge in [-0.25, -0.2) is 9.48 Å². The fourth-order valence-corrected chi connectivity index (χ4v) is 6.17. The number of aromatic nitrogens is 4. The molecule has 5 rings (SSSR count). The van der Waals surface area contributed by atoms with Gasteiger partial charge in [0.15, 0.2) is 6.23 Å². The number of carbonyl (C=O) groups is 1. The second kappa shape index (κ2) is 11.4. The molecule has 2 saturated heterocycles. The zero-order valence-electron chi connectivity index (χ0n) is 22.2. The molecule has 8 nitrogen and oxygen atoms in total. The normalized spacial score (nSPS) is 20.9. The number of hydrogen-bond acceptors (Lipinski definition) is 5. The number of ether oxygens (including phenoxy) is 2. The number of fused-ring (bicyclic) bond motifs is 1. The lowest BCUT2D eigenvalue weighted by Gasteiger charge is -2.34. The molecule has 0 N–H and O–H groups in total. The minimum Gasteiger partial charge on any atom is -0.444 e. The zero-order chi connectivity index (χ0) is 26.9. The van der Waals surface area contributed by atoms with Gasteiger partial charge in [-0.05, 0) is 80.8 Å². The first kappa shape index (κ1) is 27.2. The smallest absolute Gasteiger partial charge is 0.410 e. The fraction of sp³-hybridized carbons (Fsp3) is 0.536. The van der Waals surface area contributed by atoms with E-state index in [9.17, 15) is 4.79 Å².